The number of carbonyl (C=O) groups excluding carboxylic acids is 1. The first kappa shape index (κ1) is 17.7. The van der Waals surface area contributed by atoms with Crippen LogP contribution in [0.1, 0.15) is 46.5 Å². The van der Waals surface area contributed by atoms with Gasteiger partial charge in [0.15, 0.2) is 0 Å². The Morgan fingerprint density at radius 3 is 2.55 bits per heavy atom. The standard InChI is InChI=1S/C18H33NO3/c1-5-16(15-6-8-22-9-7-15)18(20)19-11-14(12-21-4)10-17(19)13(2)3/h13-17H,5-12H2,1-4H3/t14?,16?,17-/m0/s1. The van der Waals surface area contributed by atoms with Gasteiger partial charge in [0.05, 0.1) is 6.61 Å². The lowest BCUT2D eigenvalue weighted by Gasteiger charge is -2.35. The molecule has 3 atom stereocenters. The molecule has 0 aromatic rings. The maximum atomic E-state index is 13.2. The van der Waals surface area contributed by atoms with E-state index in [1.165, 1.54) is 0 Å². The highest BCUT2D eigenvalue weighted by Crippen LogP contribution is 2.34. The third-order valence-corrected chi connectivity index (χ3v) is 5.48. The second kappa shape index (κ2) is 8.30. The first-order chi connectivity index (χ1) is 10.6. The Morgan fingerprint density at radius 1 is 1.32 bits per heavy atom. The molecule has 2 rings (SSSR count). The molecule has 128 valence electrons. The van der Waals surface area contributed by atoms with E-state index in [0.29, 0.717) is 29.7 Å². The molecule has 0 aliphatic carbocycles. The fraction of sp³-hybridized carbons (Fsp3) is 0.944. The van der Waals surface area contributed by atoms with Gasteiger partial charge in [-0.15, -0.1) is 0 Å². The Balaban J connectivity index is 2.06. The number of methoxy groups -OCH3 is 1. The lowest BCUT2D eigenvalue weighted by molar-refractivity contribution is -0.140. The number of hydrogen-bond acceptors (Lipinski definition) is 3. The summed E-state index contributed by atoms with van der Waals surface area (Å²) in [4.78, 5) is 15.4. The van der Waals surface area contributed by atoms with Gasteiger partial charge in [-0.05, 0) is 37.5 Å². The molecule has 4 heteroatoms. The van der Waals surface area contributed by atoms with E-state index < -0.39 is 0 Å². The topological polar surface area (TPSA) is 38.8 Å². The lowest BCUT2D eigenvalue weighted by Crippen LogP contribution is -2.44. The third-order valence-electron chi connectivity index (χ3n) is 5.48. The van der Waals surface area contributed by atoms with Crippen LogP contribution in [0.25, 0.3) is 0 Å². The molecule has 2 fully saturated rings. The predicted molar refractivity (Wildman–Crippen MR) is 87.6 cm³/mol. The minimum atomic E-state index is 0.173. The number of amides is 1. The molecule has 2 aliphatic heterocycles. The monoisotopic (exact) mass is 311 g/mol. The van der Waals surface area contributed by atoms with Crippen molar-refractivity contribution >= 4 is 5.91 Å². The van der Waals surface area contributed by atoms with E-state index in [-0.39, 0.29) is 5.92 Å². The molecule has 1 amide bonds. The smallest absolute Gasteiger partial charge is 0.226 e. The second-order valence-corrected chi connectivity index (χ2v) is 7.32. The van der Waals surface area contributed by atoms with Gasteiger partial charge < -0.3 is 14.4 Å². The molecule has 2 saturated heterocycles. The summed E-state index contributed by atoms with van der Waals surface area (Å²) in [5.74, 6) is 2.06. The van der Waals surface area contributed by atoms with E-state index in [9.17, 15) is 4.79 Å². The number of likely N-dealkylation sites (tertiary alicyclic amines) is 1. The fourth-order valence-corrected chi connectivity index (χ4v) is 4.24. The van der Waals surface area contributed by atoms with Crippen molar-refractivity contribution in [3.05, 3.63) is 0 Å². The van der Waals surface area contributed by atoms with Gasteiger partial charge in [-0.3, -0.25) is 4.79 Å². The van der Waals surface area contributed by atoms with Crippen molar-refractivity contribution in [3.63, 3.8) is 0 Å². The zero-order valence-corrected chi connectivity index (χ0v) is 14.7. The van der Waals surface area contributed by atoms with Gasteiger partial charge in [0.1, 0.15) is 0 Å². The van der Waals surface area contributed by atoms with Crippen molar-refractivity contribution in [2.75, 3.05) is 33.5 Å². The Morgan fingerprint density at radius 2 is 2.00 bits per heavy atom. The summed E-state index contributed by atoms with van der Waals surface area (Å²) < 4.78 is 10.8. The minimum Gasteiger partial charge on any atom is -0.384 e. The van der Waals surface area contributed by atoms with E-state index in [0.717, 1.165) is 52.0 Å². The van der Waals surface area contributed by atoms with Crippen LogP contribution in [0, 0.1) is 23.7 Å². The predicted octanol–water partition coefficient (Wildman–Crippen LogP) is 2.96. The molecule has 4 nitrogen and oxygen atoms in total. The number of hydrogen-bond donors (Lipinski definition) is 0. The van der Waals surface area contributed by atoms with E-state index >= 15 is 0 Å². The van der Waals surface area contributed by atoms with E-state index in [1.54, 1.807) is 7.11 Å². The summed E-state index contributed by atoms with van der Waals surface area (Å²) in [6.45, 7) is 9.88. The first-order valence-electron chi connectivity index (χ1n) is 8.95. The largest absolute Gasteiger partial charge is 0.384 e. The van der Waals surface area contributed by atoms with Crippen LogP contribution in [-0.2, 0) is 14.3 Å². The average Bonchev–Trinajstić information content (AvgIpc) is 2.94. The van der Waals surface area contributed by atoms with Crippen LogP contribution >= 0.6 is 0 Å². The van der Waals surface area contributed by atoms with E-state index in [1.807, 2.05) is 0 Å². The van der Waals surface area contributed by atoms with Crippen molar-refractivity contribution in [2.45, 2.75) is 52.5 Å². The molecule has 0 radical (unpaired) electrons. The lowest BCUT2D eigenvalue weighted by atomic mass is 9.83. The Labute approximate surface area is 135 Å². The maximum Gasteiger partial charge on any atom is 0.226 e. The summed E-state index contributed by atoms with van der Waals surface area (Å²) in [7, 11) is 1.76. The quantitative estimate of drug-likeness (QED) is 0.757. The molecule has 0 saturated carbocycles. The summed E-state index contributed by atoms with van der Waals surface area (Å²) in [5, 5.41) is 0. The molecule has 2 aliphatic rings. The zero-order chi connectivity index (χ0) is 16.1. The van der Waals surface area contributed by atoms with Crippen molar-refractivity contribution in [1.82, 2.24) is 4.90 Å². The van der Waals surface area contributed by atoms with Crippen molar-refractivity contribution in [2.24, 2.45) is 23.7 Å². The number of rotatable bonds is 6. The molecule has 0 aromatic carbocycles. The van der Waals surface area contributed by atoms with Crippen LogP contribution < -0.4 is 0 Å². The normalized spacial score (nSPS) is 28.3. The van der Waals surface area contributed by atoms with Gasteiger partial charge in [0.25, 0.3) is 0 Å². The highest BCUT2D eigenvalue weighted by atomic mass is 16.5. The summed E-state index contributed by atoms with van der Waals surface area (Å²) in [6.07, 6.45) is 4.10. The molecule has 0 bridgehead atoms. The number of nitrogens with zero attached hydrogens (tertiary/aromatic N) is 1. The zero-order valence-electron chi connectivity index (χ0n) is 14.7. The summed E-state index contributed by atoms with van der Waals surface area (Å²) in [5.41, 5.74) is 0. The third kappa shape index (κ3) is 4.02. The first-order valence-corrected chi connectivity index (χ1v) is 8.95. The van der Waals surface area contributed by atoms with Crippen LogP contribution in [0.2, 0.25) is 0 Å². The number of ether oxygens (including phenoxy) is 2. The molecule has 22 heavy (non-hydrogen) atoms. The molecular weight excluding hydrogens is 278 g/mol. The summed E-state index contributed by atoms with van der Waals surface area (Å²) >= 11 is 0. The Hall–Kier alpha value is -0.610. The van der Waals surface area contributed by atoms with Gasteiger partial charge in [-0.2, -0.15) is 0 Å². The van der Waals surface area contributed by atoms with Crippen LogP contribution in [-0.4, -0.2) is 50.3 Å². The summed E-state index contributed by atoms with van der Waals surface area (Å²) in [6, 6.07) is 0.376. The van der Waals surface area contributed by atoms with E-state index in [2.05, 4.69) is 25.7 Å². The molecule has 0 aromatic heterocycles. The number of carbonyl (C=O) groups is 1. The minimum absolute atomic E-state index is 0.173. The molecule has 2 heterocycles. The van der Waals surface area contributed by atoms with Gasteiger partial charge in [0, 0.05) is 44.7 Å². The molecule has 0 spiro atoms. The van der Waals surface area contributed by atoms with Crippen LogP contribution in [0.15, 0.2) is 0 Å². The van der Waals surface area contributed by atoms with Gasteiger partial charge in [-0.1, -0.05) is 20.8 Å². The van der Waals surface area contributed by atoms with Gasteiger partial charge in [-0.25, -0.2) is 0 Å². The van der Waals surface area contributed by atoms with Gasteiger partial charge in [0.2, 0.25) is 5.91 Å². The van der Waals surface area contributed by atoms with Crippen molar-refractivity contribution in [1.29, 1.82) is 0 Å². The molecule has 2 unspecified atom stereocenters. The van der Waals surface area contributed by atoms with Crippen molar-refractivity contribution < 1.29 is 14.3 Å². The van der Waals surface area contributed by atoms with Crippen LogP contribution in [0.4, 0.5) is 0 Å². The Bertz CT molecular complexity index is 352. The molecular formula is C18H33NO3. The maximum absolute atomic E-state index is 13.2. The highest BCUT2D eigenvalue weighted by Gasteiger charge is 2.40. The van der Waals surface area contributed by atoms with E-state index in [4.69, 9.17) is 9.47 Å². The second-order valence-electron chi connectivity index (χ2n) is 7.32. The van der Waals surface area contributed by atoms with Crippen LogP contribution in [0.3, 0.4) is 0 Å². The Kier molecular flexibility index (Phi) is 6.69. The van der Waals surface area contributed by atoms with Gasteiger partial charge >= 0.3 is 0 Å². The van der Waals surface area contributed by atoms with Crippen LogP contribution in [0.5, 0.6) is 0 Å². The SMILES string of the molecule is CCC(C(=O)N1CC(COC)C[C@H]1C(C)C)C1CCOCC1. The average molecular weight is 311 g/mol. The van der Waals surface area contributed by atoms with Crippen molar-refractivity contribution in [3.8, 4) is 0 Å². The fourth-order valence-electron chi connectivity index (χ4n) is 4.24. The highest BCUT2D eigenvalue weighted by molar-refractivity contribution is 5.79. The molecule has 0 N–H and O–H groups in total.